The molecule has 25 heavy (non-hydrogen) atoms. The Balaban J connectivity index is 1.56. The van der Waals surface area contributed by atoms with Crippen molar-refractivity contribution in [3.8, 4) is 0 Å². The van der Waals surface area contributed by atoms with Crippen molar-refractivity contribution < 1.29 is 9.32 Å². The lowest BCUT2D eigenvalue weighted by Crippen LogP contribution is -2.32. The van der Waals surface area contributed by atoms with Gasteiger partial charge in [0.15, 0.2) is 5.82 Å². The van der Waals surface area contributed by atoms with Crippen LogP contribution in [0.5, 0.6) is 0 Å². The molecular weight excluding hydrogens is 320 g/mol. The van der Waals surface area contributed by atoms with E-state index < -0.39 is 0 Å². The highest BCUT2D eigenvalue weighted by Gasteiger charge is 2.17. The van der Waals surface area contributed by atoms with E-state index >= 15 is 0 Å². The van der Waals surface area contributed by atoms with E-state index in [0.29, 0.717) is 30.4 Å². The number of hydrogen-bond donors (Lipinski definition) is 2. The molecule has 0 aliphatic rings. The minimum absolute atomic E-state index is 0.295. The van der Waals surface area contributed by atoms with E-state index in [-0.39, 0.29) is 12.1 Å². The Hall–Kier alpha value is -3.16. The van der Waals surface area contributed by atoms with Crippen LogP contribution in [0.25, 0.3) is 0 Å². The van der Waals surface area contributed by atoms with E-state index in [4.69, 9.17) is 4.52 Å². The summed E-state index contributed by atoms with van der Waals surface area (Å²) in [5.41, 5.74) is 1.81. The number of anilines is 1. The van der Waals surface area contributed by atoms with Gasteiger partial charge in [-0.2, -0.15) is 10.1 Å². The zero-order valence-electron chi connectivity index (χ0n) is 14.1. The quantitative estimate of drug-likeness (QED) is 0.719. The lowest BCUT2D eigenvalue weighted by Gasteiger charge is -2.14. The van der Waals surface area contributed by atoms with Gasteiger partial charge in [0.1, 0.15) is 0 Å². The maximum atomic E-state index is 12.2. The summed E-state index contributed by atoms with van der Waals surface area (Å²) in [4.78, 5) is 16.3. The molecular formula is C17H20N6O2. The van der Waals surface area contributed by atoms with Crippen LogP contribution in [0, 0.1) is 6.92 Å². The lowest BCUT2D eigenvalue weighted by atomic mass is 10.2. The molecule has 2 heterocycles. The van der Waals surface area contributed by atoms with Crippen LogP contribution < -0.4 is 10.6 Å². The third-order valence-electron chi connectivity index (χ3n) is 3.68. The van der Waals surface area contributed by atoms with Gasteiger partial charge in [0.2, 0.25) is 5.89 Å². The number of aryl methyl sites for hydroxylation is 1. The van der Waals surface area contributed by atoms with Gasteiger partial charge in [0, 0.05) is 25.0 Å². The van der Waals surface area contributed by atoms with Gasteiger partial charge in [-0.25, -0.2) is 4.79 Å². The Kier molecular flexibility index (Phi) is 5.08. The van der Waals surface area contributed by atoms with Crippen molar-refractivity contribution in [1.82, 2.24) is 25.2 Å². The molecule has 0 aliphatic heterocycles. The molecule has 0 bridgehead atoms. The highest BCUT2D eigenvalue weighted by molar-refractivity contribution is 5.89. The number of carbonyl (C=O) groups excluding carboxylic acids is 1. The number of aromatic nitrogens is 4. The summed E-state index contributed by atoms with van der Waals surface area (Å²) in [5.74, 6) is 0.952. The van der Waals surface area contributed by atoms with Gasteiger partial charge in [-0.05, 0) is 30.2 Å². The normalized spacial score (nSPS) is 11.9. The molecule has 0 spiro atoms. The van der Waals surface area contributed by atoms with Gasteiger partial charge >= 0.3 is 6.03 Å². The summed E-state index contributed by atoms with van der Waals surface area (Å²) in [6, 6.07) is 8.91. The van der Waals surface area contributed by atoms with Crippen LogP contribution in [-0.4, -0.2) is 26.0 Å². The average molecular weight is 340 g/mol. The number of benzene rings is 1. The van der Waals surface area contributed by atoms with Crippen molar-refractivity contribution in [3.63, 3.8) is 0 Å². The summed E-state index contributed by atoms with van der Waals surface area (Å²) >= 11 is 0. The molecule has 0 fully saturated rings. The SMILES string of the molecule is CC[C@@H](NC(=O)Nc1ccc(Cn2cccn2)cc1)c1noc(C)n1. The van der Waals surface area contributed by atoms with Crippen LogP contribution in [-0.2, 0) is 6.54 Å². The fourth-order valence-electron chi connectivity index (χ4n) is 2.41. The molecule has 0 saturated carbocycles. The van der Waals surface area contributed by atoms with E-state index in [1.807, 2.05) is 48.1 Å². The van der Waals surface area contributed by atoms with E-state index in [1.54, 1.807) is 13.1 Å². The predicted octanol–water partition coefficient (Wildman–Crippen LogP) is 2.90. The molecule has 8 nitrogen and oxygen atoms in total. The highest BCUT2D eigenvalue weighted by Crippen LogP contribution is 2.14. The van der Waals surface area contributed by atoms with E-state index in [2.05, 4.69) is 25.9 Å². The van der Waals surface area contributed by atoms with Crippen molar-refractivity contribution in [3.05, 3.63) is 60.0 Å². The first-order valence-corrected chi connectivity index (χ1v) is 8.08. The van der Waals surface area contributed by atoms with Crippen molar-refractivity contribution in [1.29, 1.82) is 0 Å². The molecule has 130 valence electrons. The van der Waals surface area contributed by atoms with Crippen LogP contribution in [0.2, 0.25) is 0 Å². The van der Waals surface area contributed by atoms with E-state index in [1.165, 1.54) is 0 Å². The molecule has 3 aromatic rings. The molecule has 0 unspecified atom stereocenters. The molecule has 2 N–H and O–H groups in total. The number of carbonyl (C=O) groups is 1. The maximum absolute atomic E-state index is 12.2. The maximum Gasteiger partial charge on any atom is 0.319 e. The van der Waals surface area contributed by atoms with Crippen LogP contribution in [0.3, 0.4) is 0 Å². The average Bonchev–Trinajstić information content (AvgIpc) is 3.26. The molecule has 0 aliphatic carbocycles. The van der Waals surface area contributed by atoms with Gasteiger partial charge < -0.3 is 15.2 Å². The zero-order valence-corrected chi connectivity index (χ0v) is 14.1. The van der Waals surface area contributed by atoms with E-state index in [0.717, 1.165) is 5.56 Å². The number of nitrogens with zero attached hydrogens (tertiary/aromatic N) is 4. The molecule has 3 rings (SSSR count). The fraction of sp³-hybridized carbons (Fsp3) is 0.294. The monoisotopic (exact) mass is 340 g/mol. The number of rotatable bonds is 6. The van der Waals surface area contributed by atoms with Crippen LogP contribution in [0.15, 0.2) is 47.2 Å². The molecule has 0 saturated heterocycles. The van der Waals surface area contributed by atoms with Crippen LogP contribution >= 0.6 is 0 Å². The smallest absolute Gasteiger partial charge is 0.319 e. The minimum atomic E-state index is -0.311. The third-order valence-corrected chi connectivity index (χ3v) is 3.68. The first-order chi connectivity index (χ1) is 12.1. The largest absolute Gasteiger partial charge is 0.340 e. The number of nitrogens with one attached hydrogen (secondary N) is 2. The Morgan fingerprint density at radius 2 is 2.12 bits per heavy atom. The fourth-order valence-corrected chi connectivity index (χ4v) is 2.41. The van der Waals surface area contributed by atoms with Crippen molar-refractivity contribution >= 4 is 11.7 Å². The van der Waals surface area contributed by atoms with Gasteiger partial charge in [0.05, 0.1) is 12.6 Å². The molecule has 1 atom stereocenters. The second kappa shape index (κ2) is 7.61. The predicted molar refractivity (Wildman–Crippen MR) is 92.0 cm³/mol. The molecule has 0 radical (unpaired) electrons. The highest BCUT2D eigenvalue weighted by atomic mass is 16.5. The number of urea groups is 1. The Morgan fingerprint density at radius 1 is 1.32 bits per heavy atom. The zero-order chi connectivity index (χ0) is 17.6. The standard InChI is InChI=1S/C17H20N6O2/c1-3-15(16-19-12(2)25-22-16)21-17(24)20-14-7-5-13(6-8-14)11-23-10-4-9-18-23/h4-10,15H,3,11H2,1-2H3,(H2,20,21,24)/t15-/m1/s1. The first-order valence-electron chi connectivity index (χ1n) is 8.08. The van der Waals surface area contributed by atoms with Crippen molar-refractivity contribution in [2.45, 2.75) is 32.9 Å². The summed E-state index contributed by atoms with van der Waals surface area (Å²) in [6.45, 7) is 4.35. The van der Waals surface area contributed by atoms with Crippen molar-refractivity contribution in [2.24, 2.45) is 0 Å². The first kappa shape index (κ1) is 16.7. The van der Waals surface area contributed by atoms with Gasteiger partial charge in [-0.3, -0.25) is 4.68 Å². The van der Waals surface area contributed by atoms with E-state index in [9.17, 15) is 4.79 Å². The summed E-state index contributed by atoms with van der Waals surface area (Å²) in [6.07, 6.45) is 4.31. The summed E-state index contributed by atoms with van der Waals surface area (Å²) < 4.78 is 6.80. The van der Waals surface area contributed by atoms with Crippen molar-refractivity contribution in [2.75, 3.05) is 5.32 Å². The second-order valence-corrected chi connectivity index (χ2v) is 5.63. The minimum Gasteiger partial charge on any atom is -0.340 e. The lowest BCUT2D eigenvalue weighted by molar-refractivity contribution is 0.247. The Morgan fingerprint density at radius 3 is 2.72 bits per heavy atom. The molecule has 1 aromatic carbocycles. The summed E-state index contributed by atoms with van der Waals surface area (Å²) in [7, 11) is 0. The van der Waals surface area contributed by atoms with Gasteiger partial charge in [-0.15, -0.1) is 0 Å². The van der Waals surface area contributed by atoms with Gasteiger partial charge in [-0.1, -0.05) is 24.2 Å². The Labute approximate surface area is 145 Å². The van der Waals surface area contributed by atoms with Crippen LogP contribution in [0.1, 0.15) is 36.7 Å². The number of amides is 2. The second-order valence-electron chi connectivity index (χ2n) is 5.63. The van der Waals surface area contributed by atoms with Gasteiger partial charge in [0.25, 0.3) is 0 Å². The topological polar surface area (TPSA) is 97.9 Å². The third kappa shape index (κ3) is 4.43. The Bertz CT molecular complexity index is 810. The summed E-state index contributed by atoms with van der Waals surface area (Å²) in [5, 5.41) is 13.7. The molecule has 8 heteroatoms. The number of hydrogen-bond acceptors (Lipinski definition) is 5. The van der Waals surface area contributed by atoms with Crippen LogP contribution in [0.4, 0.5) is 10.5 Å². The molecule has 2 amide bonds. The molecule has 2 aromatic heterocycles.